The first kappa shape index (κ1) is 120. The molecule has 0 heterocycles. The van der Waals surface area contributed by atoms with Gasteiger partial charge in [0.05, 0.1) is 50.4 Å². The summed E-state index contributed by atoms with van der Waals surface area (Å²) in [5, 5.41) is 105. The molecule has 0 aromatic carbocycles. The molecule has 20 aliphatic carbocycles. The first-order chi connectivity index (χ1) is 69.6. The van der Waals surface area contributed by atoms with Crippen LogP contribution in [0.4, 0.5) is 0 Å². The number of terminal acetylenes is 1. The molecule has 856 valence electrons. The molecule has 19 saturated carbocycles. The number of rotatable bonds is 24. The van der Waals surface area contributed by atoms with Crippen molar-refractivity contribution >= 4 is 0 Å². The molecule has 0 aromatic rings. The van der Waals surface area contributed by atoms with Crippen LogP contribution in [0.1, 0.15) is 520 Å². The zero-order valence-electron chi connectivity index (χ0n) is 102. The highest BCUT2D eigenvalue weighted by Gasteiger charge is 2.69. The van der Waals surface area contributed by atoms with E-state index in [2.05, 4.69) is 170 Å². The van der Waals surface area contributed by atoms with Crippen LogP contribution in [0.2, 0.25) is 0 Å². The van der Waals surface area contributed by atoms with E-state index in [1.165, 1.54) is 212 Å². The maximum Gasteiger partial charge on any atom is 0.122 e. The van der Waals surface area contributed by atoms with Crippen LogP contribution in [0.5, 0.6) is 0 Å². The quantitative estimate of drug-likeness (QED) is 0.0327. The van der Waals surface area contributed by atoms with Crippen molar-refractivity contribution in [3.05, 3.63) is 62.3 Å². The van der Waals surface area contributed by atoms with Gasteiger partial charge in [0.2, 0.25) is 0 Å². The van der Waals surface area contributed by atoms with E-state index in [1.807, 2.05) is 34.6 Å². The molecule has 10 nitrogen and oxygen atoms in total. The van der Waals surface area contributed by atoms with Gasteiger partial charge in [-0.3, -0.25) is 0 Å². The second-order valence-electron chi connectivity index (χ2n) is 65.2. The van der Waals surface area contributed by atoms with Crippen LogP contribution in [0, 0.1) is 238 Å². The largest absolute Gasteiger partial charge is 0.390 e. The van der Waals surface area contributed by atoms with Gasteiger partial charge in [0, 0.05) is 0 Å². The molecular weight excluding hydrogens is 1840 g/mol. The Morgan fingerprint density at radius 2 is 0.500 bits per heavy atom. The Hall–Kier alpha value is -2.14. The lowest BCUT2D eigenvalue weighted by Gasteiger charge is -2.62. The van der Waals surface area contributed by atoms with Gasteiger partial charge in [-0.2, -0.15) is 0 Å². The van der Waals surface area contributed by atoms with Crippen molar-refractivity contribution in [1.82, 2.24) is 0 Å². The van der Waals surface area contributed by atoms with E-state index in [9.17, 15) is 51.1 Å². The van der Waals surface area contributed by atoms with Crippen LogP contribution in [0.25, 0.3) is 0 Å². The van der Waals surface area contributed by atoms with E-state index < -0.39 is 56.0 Å². The molecular formula is C140H236O10. The molecule has 19 fully saturated rings. The minimum Gasteiger partial charge on any atom is -0.390 e. The topological polar surface area (TPSA) is 202 Å². The maximum atomic E-state index is 10.7. The van der Waals surface area contributed by atoms with E-state index in [4.69, 9.17) is 6.42 Å². The molecule has 0 bridgehead atoms. The fourth-order valence-corrected chi connectivity index (χ4v) is 45.5. The number of allylic oxidation sites excluding steroid dienone is 1. The SMILES string of the molecule is C#C[C@@](C)(O)CC[C@@H](C)[C@H]1CC[C@H]2[C@@H]3CC[C@H]4C[C@@](C)(O)CC[C@]4(C)[C@H]3CC[C@]12C.C=CC(C)(O)CC[C@@H](C)[C@H]1CC[C@H]2[C@@H]3CC=C4C[C@@](C)(O)CC[C@]4(C)[C@H]3CC[C@]12C.C=CC(C)(O)CC[C@@H](C)[C@H]1CC[C@H]2[C@@H]3CC[C@H]4C[C@@](C)(O)CC[C@]4(C)[C@H]3CC[C@]12C.C=C[C@@](C)(O)CC[C@@H](C)[C@H]1CC[C@H]2[C@@H]3CC[C@H]4C[C@@](C)(O)CC[C@]4(C)[C@H]3CC[C@]12C.C=C[C@](C)(O)CC[C@@H](C)[C@H]1CC[C@H]2[C@@H]3CC[C@H]4C[C@@](C)(O)CC[C@]4(C)[C@H]3CC[C@]12C. The summed E-state index contributed by atoms with van der Waals surface area (Å²) < 4.78 is 0. The first-order valence-electron chi connectivity index (χ1n) is 64.5. The Labute approximate surface area is 921 Å². The zero-order valence-corrected chi connectivity index (χ0v) is 102. The summed E-state index contributed by atoms with van der Waals surface area (Å²) in [5.74, 6) is 25.9. The second kappa shape index (κ2) is 43.5. The van der Waals surface area contributed by atoms with Gasteiger partial charge in [0.15, 0.2) is 0 Å². The lowest BCUT2D eigenvalue weighted by atomic mass is 9.43. The molecule has 10 heteroatoms. The average molecular weight is 2080 g/mol. The van der Waals surface area contributed by atoms with Gasteiger partial charge in [-0.25, -0.2) is 0 Å². The molecule has 150 heavy (non-hydrogen) atoms. The average Bonchev–Trinajstić information content (AvgIpc) is 1.58. The van der Waals surface area contributed by atoms with Crippen molar-refractivity contribution in [2.24, 2.45) is 226 Å². The standard InChI is InChI=1S/3C28H48O2.2C28H46O2/c5*1-7-25(3,29)14-12-19(2)22-10-11-23-21-9-8-20-18-26(4,30)16-17-27(20,5)24(21)13-15-28(22,23)6/h3*7,19-24,29-30H,1,8-18H2,2-6H3;7-8,19,21-24,29-30H,1,9-18H2,2-6H3;1,19-24,29-30H,8-18H2,2-6H3/t19-,20+,21+,22-,23+,24+,25?,26+,27+,28-;19-,20+,21+,22-,23+,24+,25+,26+,27+,28-;19-,20+,21+,22-,23+,24+,25-,26+,27+,28-;19-,21+,22-,23+,24+,25?,26+,27+,28-;19-,20+,21+,22-,23+,24+,25-,26+,27+,28-/m11111/s1. The lowest BCUT2D eigenvalue weighted by Crippen LogP contribution is -2.55. The maximum absolute atomic E-state index is 10.7. The molecule has 0 saturated heterocycles. The number of aliphatic hydroxyl groups is 10. The minimum absolute atomic E-state index is 0.318. The second-order valence-corrected chi connectivity index (χ2v) is 65.2. The highest BCUT2D eigenvalue weighted by atomic mass is 16.3. The zero-order chi connectivity index (χ0) is 110. The third-order valence-corrected chi connectivity index (χ3v) is 55.6. The van der Waals surface area contributed by atoms with Crippen molar-refractivity contribution in [3.8, 4) is 12.3 Å². The van der Waals surface area contributed by atoms with Gasteiger partial charge in [-0.15, -0.1) is 32.7 Å². The molecule has 2 unspecified atom stereocenters. The molecule has 0 spiro atoms. The monoisotopic (exact) mass is 2080 g/mol. The summed E-state index contributed by atoms with van der Waals surface area (Å²) in [7, 11) is 0. The van der Waals surface area contributed by atoms with Gasteiger partial charge in [-0.05, 0) is 642 Å². The Bertz CT molecular complexity index is 4410. The van der Waals surface area contributed by atoms with Gasteiger partial charge >= 0.3 is 0 Å². The Kier molecular flexibility index (Phi) is 34.9. The van der Waals surface area contributed by atoms with Crippen LogP contribution in [-0.4, -0.2) is 107 Å². The van der Waals surface area contributed by atoms with Crippen LogP contribution < -0.4 is 0 Å². The van der Waals surface area contributed by atoms with Crippen LogP contribution >= 0.6 is 0 Å². The molecule has 0 aromatic heterocycles. The summed E-state index contributed by atoms with van der Waals surface area (Å²) in [6.07, 6.45) is 80.3. The number of hydrogen-bond acceptors (Lipinski definition) is 10. The van der Waals surface area contributed by atoms with E-state index >= 15 is 0 Å². The fraction of sp³-hybridized carbons (Fsp3) is 0.914. The van der Waals surface area contributed by atoms with Crippen LogP contribution in [-0.2, 0) is 0 Å². The molecule has 49 atom stereocenters. The Morgan fingerprint density at radius 3 is 0.740 bits per heavy atom. The summed E-state index contributed by atoms with van der Waals surface area (Å²) in [6, 6.07) is 0. The van der Waals surface area contributed by atoms with Crippen molar-refractivity contribution in [1.29, 1.82) is 0 Å². The normalized spacial score (nSPS) is 50.7. The summed E-state index contributed by atoms with van der Waals surface area (Å²) in [6.45, 7) is 73.2. The van der Waals surface area contributed by atoms with Crippen molar-refractivity contribution in [2.75, 3.05) is 0 Å². The summed E-state index contributed by atoms with van der Waals surface area (Å²) in [4.78, 5) is 0. The van der Waals surface area contributed by atoms with Crippen LogP contribution in [0.15, 0.2) is 62.3 Å². The van der Waals surface area contributed by atoms with Crippen molar-refractivity contribution < 1.29 is 51.1 Å². The summed E-state index contributed by atoms with van der Waals surface area (Å²) in [5.41, 5.74) is 0.0195. The van der Waals surface area contributed by atoms with E-state index in [0.717, 1.165) is 265 Å². The van der Waals surface area contributed by atoms with Crippen molar-refractivity contribution in [3.63, 3.8) is 0 Å². The summed E-state index contributed by atoms with van der Waals surface area (Å²) >= 11 is 0. The smallest absolute Gasteiger partial charge is 0.122 e. The third kappa shape index (κ3) is 23.2. The first-order valence-corrected chi connectivity index (χ1v) is 64.5. The van der Waals surface area contributed by atoms with Gasteiger partial charge in [0.1, 0.15) is 5.60 Å². The molecule has 0 aliphatic heterocycles. The predicted octanol–water partition coefficient (Wildman–Crippen LogP) is 33.1. The minimum atomic E-state index is -0.958. The number of fused-ring (bicyclic) bond motifs is 25. The number of hydrogen-bond donors (Lipinski definition) is 10. The van der Waals surface area contributed by atoms with E-state index in [0.29, 0.717) is 96.1 Å². The highest BCUT2D eigenvalue weighted by molar-refractivity contribution is 5.28. The fourth-order valence-electron chi connectivity index (χ4n) is 45.5. The molecule has 0 radical (unpaired) electrons. The highest BCUT2D eigenvalue weighted by Crippen LogP contribution is 2.77. The van der Waals surface area contributed by atoms with Crippen LogP contribution in [0.3, 0.4) is 0 Å². The molecule has 20 rings (SSSR count). The molecule has 10 N–H and O–H groups in total. The molecule has 0 amide bonds. The third-order valence-electron chi connectivity index (χ3n) is 55.6. The van der Waals surface area contributed by atoms with E-state index in [-0.39, 0.29) is 0 Å². The van der Waals surface area contributed by atoms with Gasteiger partial charge in [-0.1, -0.05) is 146 Å². The molecule has 20 aliphatic rings. The lowest BCUT2D eigenvalue weighted by molar-refractivity contribution is -0.148. The van der Waals surface area contributed by atoms with E-state index in [1.54, 1.807) is 36.8 Å². The van der Waals surface area contributed by atoms with Gasteiger partial charge < -0.3 is 51.1 Å². The predicted molar refractivity (Wildman–Crippen MR) is 624 cm³/mol. The van der Waals surface area contributed by atoms with Crippen molar-refractivity contribution in [2.45, 2.75) is 576 Å². The van der Waals surface area contributed by atoms with Gasteiger partial charge in [0.25, 0.3) is 0 Å². The Morgan fingerprint density at radius 1 is 0.280 bits per heavy atom. The Balaban J connectivity index is 0.000000133.